The summed E-state index contributed by atoms with van der Waals surface area (Å²) in [5, 5.41) is 11.9. The van der Waals surface area contributed by atoms with E-state index in [2.05, 4.69) is 40.6 Å². The van der Waals surface area contributed by atoms with Crippen molar-refractivity contribution in [3.63, 3.8) is 0 Å². The third-order valence-electron chi connectivity index (χ3n) is 9.83. The Morgan fingerprint density at radius 1 is 1.08 bits per heavy atom. The molecule has 1 aromatic heterocycles. The van der Waals surface area contributed by atoms with Crippen molar-refractivity contribution >= 4 is 34.2 Å². The molecular weight excluding hydrogens is 618 g/mol. The molecule has 0 unspecified atom stereocenters. The van der Waals surface area contributed by atoms with E-state index in [9.17, 15) is 23.5 Å². The fourth-order valence-corrected chi connectivity index (χ4v) is 7.16. The maximum Gasteiger partial charge on any atom is 0.318 e. The van der Waals surface area contributed by atoms with Crippen molar-refractivity contribution in [1.29, 1.82) is 0 Å². The highest BCUT2D eigenvalue weighted by molar-refractivity contribution is 5.95. The number of ether oxygens (including phenoxy) is 1. The van der Waals surface area contributed by atoms with Gasteiger partial charge in [0.25, 0.3) is 6.43 Å². The van der Waals surface area contributed by atoms with Crippen LogP contribution in [-0.2, 0) is 29.0 Å². The molecule has 1 N–H and O–H groups in total. The van der Waals surface area contributed by atoms with E-state index in [1.165, 1.54) is 6.08 Å². The Morgan fingerprint density at radius 2 is 1.85 bits per heavy atom. The topological polar surface area (TPSA) is 102 Å². The lowest BCUT2D eigenvalue weighted by atomic mass is 9.85. The molecule has 0 spiro atoms. The van der Waals surface area contributed by atoms with Crippen LogP contribution in [0.25, 0.3) is 10.8 Å². The van der Waals surface area contributed by atoms with E-state index >= 15 is 0 Å². The van der Waals surface area contributed by atoms with Gasteiger partial charge in [0.2, 0.25) is 5.91 Å². The number of aliphatic carboxylic acids is 1. The van der Waals surface area contributed by atoms with Crippen LogP contribution in [0.1, 0.15) is 43.5 Å². The van der Waals surface area contributed by atoms with Gasteiger partial charge >= 0.3 is 12.0 Å². The lowest BCUT2D eigenvalue weighted by molar-refractivity contribution is -0.146. The van der Waals surface area contributed by atoms with Crippen LogP contribution in [0.5, 0.6) is 6.01 Å². The van der Waals surface area contributed by atoms with Gasteiger partial charge in [0.1, 0.15) is 12.4 Å². The molecule has 10 nitrogen and oxygen atoms in total. The fourth-order valence-electron chi connectivity index (χ4n) is 7.16. The van der Waals surface area contributed by atoms with Crippen molar-refractivity contribution in [2.45, 2.75) is 58.5 Å². The van der Waals surface area contributed by atoms with E-state index in [0.717, 1.165) is 51.9 Å². The van der Waals surface area contributed by atoms with Gasteiger partial charge in [-0.2, -0.15) is 9.97 Å². The van der Waals surface area contributed by atoms with Gasteiger partial charge in [-0.3, -0.25) is 14.5 Å². The van der Waals surface area contributed by atoms with Crippen molar-refractivity contribution in [3.8, 4) is 6.01 Å². The number of hydrogen-bond acceptors (Lipinski definition) is 8. The Balaban J connectivity index is 1.31. The predicted octanol–water partition coefficient (Wildman–Crippen LogP) is 4.79. The van der Waals surface area contributed by atoms with E-state index in [1.54, 1.807) is 23.6 Å². The summed E-state index contributed by atoms with van der Waals surface area (Å²) in [7, 11) is 0. The molecule has 2 saturated heterocycles. The van der Waals surface area contributed by atoms with Crippen LogP contribution in [0.15, 0.2) is 49.1 Å². The highest BCUT2D eigenvalue weighted by atomic mass is 19.3. The number of piperazine rings is 1. The lowest BCUT2D eigenvalue weighted by Gasteiger charge is -2.38. The second-order valence-electron chi connectivity index (χ2n) is 13.6. The van der Waals surface area contributed by atoms with Crippen molar-refractivity contribution in [3.05, 3.63) is 65.9 Å². The summed E-state index contributed by atoms with van der Waals surface area (Å²) in [6.07, 6.45) is 1.62. The number of carboxylic acids is 1. The van der Waals surface area contributed by atoms with Gasteiger partial charge in [-0.05, 0) is 69.2 Å². The predicted molar refractivity (Wildman–Crippen MR) is 181 cm³/mol. The molecule has 256 valence electrons. The molecule has 1 atom stereocenters. The number of rotatable bonds is 11. The molecule has 0 bridgehead atoms. The molecule has 1 amide bonds. The number of hydrogen-bond donors (Lipinski definition) is 1. The Labute approximate surface area is 280 Å². The largest absolute Gasteiger partial charge is 0.481 e. The number of carboxylic acid groups (broad SMARTS) is 1. The first-order valence-electron chi connectivity index (χ1n) is 16.7. The number of carbonyl (C=O) groups excluding carboxylic acids is 1. The Bertz CT molecular complexity index is 1680. The zero-order chi connectivity index (χ0) is 34.0. The smallest absolute Gasteiger partial charge is 0.318 e. The van der Waals surface area contributed by atoms with Gasteiger partial charge in [0, 0.05) is 55.4 Å². The first-order chi connectivity index (χ1) is 23.0. The lowest BCUT2D eigenvalue weighted by Crippen LogP contribution is -2.49. The Hall–Kier alpha value is -4.32. The molecule has 3 aliphatic heterocycles. The number of halogens is 2. The van der Waals surface area contributed by atoms with Crippen LogP contribution >= 0.6 is 0 Å². The molecule has 2 aromatic carbocycles. The van der Waals surface area contributed by atoms with Crippen LogP contribution in [0, 0.1) is 5.41 Å². The quantitative estimate of drug-likeness (QED) is 0.291. The molecule has 0 saturated carbocycles. The highest BCUT2D eigenvalue weighted by Crippen LogP contribution is 2.36. The van der Waals surface area contributed by atoms with Gasteiger partial charge in [-0.1, -0.05) is 36.9 Å². The standard InChI is InChI=1S/C36H44F2N6O4/c1-4-32(45)41-14-16-42(17-15-41)33-28-11-13-44(21-29(28)39-35(40-33)48-23-26-9-7-12-43(26)22-31(37)38)30-19-24(20-36(2,3)34(46)47)18-25-8-5-6-10-27(25)30/h4-6,8,10,18-19,26,31H,1,7,9,11-17,20-23H2,2-3H3,(H,46,47)/t26-/m0/s1. The SMILES string of the molecule is C=CC(=O)N1CCN(c2nc(OC[C@@H]3CCCN3CC(F)F)nc3c2CCN(c2cc(CC(C)(C)C(=O)O)cc4ccccc24)C3)CC1. The maximum atomic E-state index is 13.2. The number of benzene rings is 2. The van der Waals surface area contributed by atoms with E-state index in [1.807, 2.05) is 12.1 Å². The van der Waals surface area contributed by atoms with Gasteiger partial charge in [-0.15, -0.1) is 0 Å². The molecule has 2 fully saturated rings. The molecule has 6 rings (SSSR count). The molecular formula is C36H44F2N6O4. The summed E-state index contributed by atoms with van der Waals surface area (Å²) in [5.74, 6) is -0.145. The average Bonchev–Trinajstić information content (AvgIpc) is 3.51. The minimum Gasteiger partial charge on any atom is -0.481 e. The van der Waals surface area contributed by atoms with E-state index in [4.69, 9.17) is 14.7 Å². The third-order valence-corrected chi connectivity index (χ3v) is 9.83. The van der Waals surface area contributed by atoms with Crippen LogP contribution in [0.4, 0.5) is 20.3 Å². The summed E-state index contributed by atoms with van der Waals surface area (Å²) in [5.41, 5.74) is 2.92. The van der Waals surface area contributed by atoms with Crippen molar-refractivity contribution in [2.75, 3.05) is 62.2 Å². The van der Waals surface area contributed by atoms with Gasteiger partial charge < -0.3 is 24.5 Å². The summed E-state index contributed by atoms with van der Waals surface area (Å²) in [6.45, 7) is 11.2. The maximum absolute atomic E-state index is 13.2. The first kappa shape index (κ1) is 33.6. The second kappa shape index (κ2) is 14.0. The van der Waals surface area contributed by atoms with Crippen molar-refractivity contribution in [1.82, 2.24) is 19.8 Å². The molecule has 0 aliphatic carbocycles. The molecule has 0 radical (unpaired) electrons. The number of amides is 1. The van der Waals surface area contributed by atoms with Crippen LogP contribution in [-0.4, -0.2) is 102 Å². The normalized spacial score (nSPS) is 18.8. The number of anilines is 2. The van der Waals surface area contributed by atoms with Gasteiger partial charge in [0.15, 0.2) is 0 Å². The van der Waals surface area contributed by atoms with E-state index in [-0.39, 0.29) is 31.1 Å². The number of nitrogens with zero attached hydrogens (tertiary/aromatic N) is 6. The molecule has 3 aliphatic rings. The third kappa shape index (κ3) is 7.23. The monoisotopic (exact) mass is 662 g/mol. The van der Waals surface area contributed by atoms with Crippen LogP contribution in [0.2, 0.25) is 0 Å². The molecule has 4 heterocycles. The number of carbonyl (C=O) groups is 2. The first-order valence-corrected chi connectivity index (χ1v) is 16.7. The van der Waals surface area contributed by atoms with Gasteiger partial charge in [-0.25, -0.2) is 8.78 Å². The van der Waals surface area contributed by atoms with Crippen molar-refractivity contribution in [2.24, 2.45) is 5.41 Å². The Kier molecular flexibility index (Phi) is 9.82. The van der Waals surface area contributed by atoms with E-state index in [0.29, 0.717) is 58.7 Å². The number of aromatic nitrogens is 2. The Morgan fingerprint density at radius 3 is 2.58 bits per heavy atom. The molecule has 12 heteroatoms. The minimum absolute atomic E-state index is 0.0925. The number of likely N-dealkylation sites (tertiary alicyclic amines) is 1. The van der Waals surface area contributed by atoms with Crippen molar-refractivity contribution < 1.29 is 28.2 Å². The molecule has 3 aromatic rings. The summed E-state index contributed by atoms with van der Waals surface area (Å²) in [6, 6.07) is 12.4. The average molecular weight is 663 g/mol. The molecule has 48 heavy (non-hydrogen) atoms. The zero-order valence-corrected chi connectivity index (χ0v) is 27.7. The number of alkyl halides is 2. The zero-order valence-electron chi connectivity index (χ0n) is 27.7. The minimum atomic E-state index is -2.40. The van der Waals surface area contributed by atoms with E-state index < -0.39 is 17.8 Å². The van der Waals surface area contributed by atoms with Crippen LogP contribution < -0.4 is 14.5 Å². The summed E-state index contributed by atoms with van der Waals surface area (Å²) in [4.78, 5) is 42.1. The fraction of sp³-hybridized carbons (Fsp3) is 0.500. The number of fused-ring (bicyclic) bond motifs is 2. The van der Waals surface area contributed by atoms with Crippen LogP contribution in [0.3, 0.4) is 0 Å². The summed E-state index contributed by atoms with van der Waals surface area (Å²) < 4.78 is 32.6. The highest BCUT2D eigenvalue weighted by Gasteiger charge is 2.32. The second-order valence-corrected chi connectivity index (χ2v) is 13.6. The summed E-state index contributed by atoms with van der Waals surface area (Å²) >= 11 is 0. The van der Waals surface area contributed by atoms with Gasteiger partial charge in [0.05, 0.1) is 24.2 Å².